The van der Waals surface area contributed by atoms with E-state index in [1.807, 2.05) is 32.9 Å². The lowest BCUT2D eigenvalue weighted by molar-refractivity contribution is 0.144. The van der Waals surface area contributed by atoms with Crippen LogP contribution in [0, 0.1) is 0 Å². The highest BCUT2D eigenvalue weighted by atomic mass is 16.5. The second kappa shape index (κ2) is 8.95. The Morgan fingerprint density at radius 3 is 2.50 bits per heavy atom. The summed E-state index contributed by atoms with van der Waals surface area (Å²) in [6.07, 6.45) is 1.29. The van der Waals surface area contributed by atoms with Gasteiger partial charge in [-0.15, -0.1) is 0 Å². The summed E-state index contributed by atoms with van der Waals surface area (Å²) in [7, 11) is 0. The van der Waals surface area contributed by atoms with E-state index >= 15 is 0 Å². The van der Waals surface area contributed by atoms with Crippen LogP contribution < -0.4 is 10.1 Å². The second-order valence-electron chi connectivity index (χ2n) is 4.54. The number of nitrogens with one attached hydrogen (secondary N) is 1. The predicted octanol–water partition coefficient (Wildman–Crippen LogP) is 2.99. The van der Waals surface area contributed by atoms with Gasteiger partial charge in [-0.1, -0.05) is 12.1 Å². The summed E-state index contributed by atoms with van der Waals surface area (Å²) >= 11 is 0. The van der Waals surface area contributed by atoms with Crippen LogP contribution in [0.2, 0.25) is 0 Å². The van der Waals surface area contributed by atoms with Gasteiger partial charge in [0.05, 0.1) is 6.10 Å². The molecular weight excluding hydrogens is 226 g/mol. The van der Waals surface area contributed by atoms with Crippen molar-refractivity contribution in [3.05, 3.63) is 29.8 Å². The largest absolute Gasteiger partial charge is 0.491 e. The maximum Gasteiger partial charge on any atom is 0.119 e. The van der Waals surface area contributed by atoms with E-state index in [4.69, 9.17) is 9.47 Å². The van der Waals surface area contributed by atoms with Crippen LogP contribution in [0.5, 0.6) is 5.75 Å². The molecule has 0 unspecified atom stereocenters. The van der Waals surface area contributed by atoms with Gasteiger partial charge in [0, 0.05) is 19.8 Å². The zero-order chi connectivity index (χ0) is 13.2. The first kappa shape index (κ1) is 15.0. The molecule has 0 atom stereocenters. The highest BCUT2D eigenvalue weighted by molar-refractivity contribution is 5.27. The van der Waals surface area contributed by atoms with Crippen molar-refractivity contribution in [2.24, 2.45) is 0 Å². The van der Waals surface area contributed by atoms with Crippen LogP contribution in [0.4, 0.5) is 0 Å². The quantitative estimate of drug-likeness (QED) is 0.684. The Bertz CT molecular complexity index is 309. The Hall–Kier alpha value is -1.06. The fourth-order valence-electron chi connectivity index (χ4n) is 1.63. The molecule has 3 heteroatoms. The van der Waals surface area contributed by atoms with Crippen LogP contribution in [0.25, 0.3) is 0 Å². The first-order valence-electron chi connectivity index (χ1n) is 6.76. The molecule has 102 valence electrons. The minimum atomic E-state index is 0.229. The molecule has 1 aromatic rings. The molecule has 0 amide bonds. The molecule has 0 aromatic heterocycles. The first-order valence-corrected chi connectivity index (χ1v) is 6.76. The third-order valence-corrected chi connectivity index (χ3v) is 2.47. The fraction of sp³-hybridized carbons (Fsp3) is 0.600. The highest BCUT2D eigenvalue weighted by Gasteiger charge is 1.98. The van der Waals surface area contributed by atoms with E-state index in [1.54, 1.807) is 0 Å². The maximum absolute atomic E-state index is 5.60. The number of rotatable bonds is 9. The molecular formula is C15H25NO2. The Balaban J connectivity index is 2.18. The van der Waals surface area contributed by atoms with Crippen molar-refractivity contribution in [2.75, 3.05) is 19.8 Å². The van der Waals surface area contributed by atoms with Crippen molar-refractivity contribution in [3.8, 4) is 5.75 Å². The summed E-state index contributed by atoms with van der Waals surface area (Å²) in [6.45, 7) is 9.62. The monoisotopic (exact) mass is 251 g/mol. The van der Waals surface area contributed by atoms with E-state index in [0.29, 0.717) is 0 Å². The van der Waals surface area contributed by atoms with Crippen molar-refractivity contribution < 1.29 is 9.47 Å². The van der Waals surface area contributed by atoms with Gasteiger partial charge in [0.1, 0.15) is 5.75 Å². The summed E-state index contributed by atoms with van der Waals surface area (Å²) in [5.41, 5.74) is 1.28. The van der Waals surface area contributed by atoms with Crippen LogP contribution in [0.15, 0.2) is 24.3 Å². The molecule has 0 bridgehead atoms. The van der Waals surface area contributed by atoms with Crippen LogP contribution in [0.1, 0.15) is 32.8 Å². The zero-order valence-corrected chi connectivity index (χ0v) is 11.7. The van der Waals surface area contributed by atoms with E-state index in [2.05, 4.69) is 17.4 Å². The molecule has 0 aliphatic carbocycles. The lowest BCUT2D eigenvalue weighted by atomic mass is 10.2. The third kappa shape index (κ3) is 6.62. The summed E-state index contributed by atoms with van der Waals surface area (Å²) in [5, 5.41) is 3.40. The smallest absolute Gasteiger partial charge is 0.119 e. The third-order valence-electron chi connectivity index (χ3n) is 2.47. The van der Waals surface area contributed by atoms with Crippen LogP contribution in [-0.2, 0) is 11.3 Å². The molecule has 0 radical (unpaired) electrons. The molecule has 3 nitrogen and oxygen atoms in total. The molecule has 0 heterocycles. The molecule has 1 N–H and O–H groups in total. The Labute approximate surface area is 110 Å². The minimum absolute atomic E-state index is 0.229. The van der Waals surface area contributed by atoms with Gasteiger partial charge in [-0.05, 0) is 51.4 Å². The SMILES string of the molecule is CCOCCCNCc1ccc(OC(C)C)cc1. The number of hydrogen-bond acceptors (Lipinski definition) is 3. The van der Waals surface area contributed by atoms with E-state index < -0.39 is 0 Å². The number of benzene rings is 1. The van der Waals surface area contributed by atoms with Gasteiger partial charge in [0.25, 0.3) is 0 Å². The van der Waals surface area contributed by atoms with E-state index in [1.165, 1.54) is 5.56 Å². The summed E-state index contributed by atoms with van der Waals surface area (Å²) < 4.78 is 10.9. The molecule has 0 aliphatic heterocycles. The van der Waals surface area contributed by atoms with E-state index in [9.17, 15) is 0 Å². The fourth-order valence-corrected chi connectivity index (χ4v) is 1.63. The van der Waals surface area contributed by atoms with Crippen molar-refractivity contribution in [1.29, 1.82) is 0 Å². The van der Waals surface area contributed by atoms with E-state index in [-0.39, 0.29) is 6.10 Å². The predicted molar refractivity (Wildman–Crippen MR) is 75.0 cm³/mol. The summed E-state index contributed by atoms with van der Waals surface area (Å²) in [6, 6.07) is 8.26. The van der Waals surface area contributed by atoms with Crippen molar-refractivity contribution in [2.45, 2.75) is 39.8 Å². The van der Waals surface area contributed by atoms with Crippen molar-refractivity contribution in [3.63, 3.8) is 0 Å². The minimum Gasteiger partial charge on any atom is -0.491 e. The lowest BCUT2D eigenvalue weighted by Gasteiger charge is -2.10. The van der Waals surface area contributed by atoms with Gasteiger partial charge in [0.2, 0.25) is 0 Å². The molecule has 1 rings (SSSR count). The highest BCUT2D eigenvalue weighted by Crippen LogP contribution is 2.13. The Morgan fingerprint density at radius 1 is 1.17 bits per heavy atom. The average molecular weight is 251 g/mol. The van der Waals surface area contributed by atoms with Crippen molar-refractivity contribution in [1.82, 2.24) is 5.32 Å². The average Bonchev–Trinajstić information content (AvgIpc) is 2.35. The lowest BCUT2D eigenvalue weighted by Crippen LogP contribution is -2.16. The molecule has 1 aromatic carbocycles. The van der Waals surface area contributed by atoms with Crippen LogP contribution in [-0.4, -0.2) is 25.9 Å². The molecule has 0 fully saturated rings. The molecule has 0 saturated heterocycles. The standard InChI is InChI=1S/C15H25NO2/c1-4-17-11-5-10-16-12-14-6-8-15(9-7-14)18-13(2)3/h6-9,13,16H,4-5,10-12H2,1-3H3. The van der Waals surface area contributed by atoms with E-state index in [0.717, 1.165) is 38.5 Å². The Morgan fingerprint density at radius 2 is 1.89 bits per heavy atom. The van der Waals surface area contributed by atoms with Gasteiger partial charge in [-0.25, -0.2) is 0 Å². The summed E-state index contributed by atoms with van der Waals surface area (Å²) in [5.74, 6) is 0.935. The maximum atomic E-state index is 5.60. The Kier molecular flexibility index (Phi) is 7.46. The molecule has 18 heavy (non-hydrogen) atoms. The van der Waals surface area contributed by atoms with Crippen molar-refractivity contribution >= 4 is 0 Å². The number of ether oxygens (including phenoxy) is 2. The van der Waals surface area contributed by atoms with Gasteiger partial charge in [-0.3, -0.25) is 0 Å². The van der Waals surface area contributed by atoms with Gasteiger partial charge >= 0.3 is 0 Å². The second-order valence-corrected chi connectivity index (χ2v) is 4.54. The summed E-state index contributed by atoms with van der Waals surface area (Å²) in [4.78, 5) is 0. The molecule has 0 saturated carbocycles. The van der Waals surface area contributed by atoms with Gasteiger partial charge < -0.3 is 14.8 Å². The van der Waals surface area contributed by atoms with Gasteiger partial charge in [-0.2, -0.15) is 0 Å². The number of hydrogen-bond donors (Lipinski definition) is 1. The topological polar surface area (TPSA) is 30.5 Å². The molecule has 0 spiro atoms. The zero-order valence-electron chi connectivity index (χ0n) is 11.7. The van der Waals surface area contributed by atoms with Gasteiger partial charge in [0.15, 0.2) is 0 Å². The first-order chi connectivity index (χ1) is 8.72. The van der Waals surface area contributed by atoms with Crippen LogP contribution in [0.3, 0.4) is 0 Å². The normalized spacial score (nSPS) is 10.9. The van der Waals surface area contributed by atoms with Crippen LogP contribution >= 0.6 is 0 Å². The molecule has 0 aliphatic rings.